The van der Waals surface area contributed by atoms with Crippen molar-refractivity contribution >= 4 is 46.5 Å². The Morgan fingerprint density at radius 2 is 1.86 bits per heavy atom. The van der Waals surface area contributed by atoms with Crippen molar-refractivity contribution in [1.29, 1.82) is 0 Å². The van der Waals surface area contributed by atoms with Gasteiger partial charge in [-0.2, -0.15) is 0 Å². The van der Waals surface area contributed by atoms with Gasteiger partial charge < -0.3 is 15.4 Å². The van der Waals surface area contributed by atoms with Gasteiger partial charge in [-0.1, -0.05) is 34.8 Å². The predicted molar refractivity (Wildman–Crippen MR) is 85.5 cm³/mol. The second kappa shape index (κ2) is 7.54. The summed E-state index contributed by atoms with van der Waals surface area (Å²) in [6, 6.07) is 8.03. The number of hydrogen-bond acceptors (Lipinski definition) is 2. The Balaban J connectivity index is 1.83. The van der Waals surface area contributed by atoms with Gasteiger partial charge in [0.25, 0.3) is 0 Å². The summed E-state index contributed by atoms with van der Waals surface area (Å²) in [6.45, 7) is -0.109. The molecule has 0 spiro atoms. The molecule has 0 aliphatic rings. The van der Waals surface area contributed by atoms with Crippen molar-refractivity contribution in [3.63, 3.8) is 0 Å². The van der Waals surface area contributed by atoms with Gasteiger partial charge in [-0.05, 0) is 36.4 Å². The van der Waals surface area contributed by atoms with Crippen LogP contribution in [0.5, 0.6) is 5.75 Å². The van der Waals surface area contributed by atoms with E-state index in [9.17, 15) is 9.18 Å². The van der Waals surface area contributed by atoms with E-state index in [1.54, 1.807) is 12.1 Å². The molecule has 0 heterocycles. The molecule has 116 valence electrons. The van der Waals surface area contributed by atoms with Gasteiger partial charge in [0.15, 0.2) is 6.73 Å². The number of amides is 2. The number of benzene rings is 2. The predicted octanol–water partition coefficient (Wildman–Crippen LogP) is 4.94. The number of carbonyl (C=O) groups is 1. The Morgan fingerprint density at radius 1 is 1.09 bits per heavy atom. The number of hydrogen-bond donors (Lipinski definition) is 2. The lowest BCUT2D eigenvalue weighted by Gasteiger charge is -2.10. The summed E-state index contributed by atoms with van der Waals surface area (Å²) in [6.07, 6.45) is 0. The van der Waals surface area contributed by atoms with E-state index < -0.39 is 11.8 Å². The van der Waals surface area contributed by atoms with E-state index in [1.807, 2.05) is 0 Å². The first-order valence-electron chi connectivity index (χ1n) is 6.03. The van der Waals surface area contributed by atoms with Crippen molar-refractivity contribution in [2.45, 2.75) is 0 Å². The summed E-state index contributed by atoms with van der Waals surface area (Å²) in [5.41, 5.74) is 0.355. The number of ether oxygens (including phenoxy) is 1. The van der Waals surface area contributed by atoms with Crippen LogP contribution in [0.2, 0.25) is 15.1 Å². The summed E-state index contributed by atoms with van der Waals surface area (Å²) in [4.78, 5) is 11.6. The van der Waals surface area contributed by atoms with Crippen LogP contribution in [0.15, 0.2) is 36.4 Å². The molecule has 0 fully saturated rings. The summed E-state index contributed by atoms with van der Waals surface area (Å²) >= 11 is 17.3. The van der Waals surface area contributed by atoms with Crippen LogP contribution in [0.4, 0.5) is 14.9 Å². The normalized spacial score (nSPS) is 10.2. The highest BCUT2D eigenvalue weighted by Gasteiger charge is 2.06. The molecule has 2 rings (SSSR count). The molecular formula is C14H10Cl3FN2O2. The van der Waals surface area contributed by atoms with Crippen LogP contribution in [0.1, 0.15) is 0 Å². The van der Waals surface area contributed by atoms with Crippen LogP contribution < -0.4 is 15.4 Å². The zero-order chi connectivity index (χ0) is 16.1. The Hall–Kier alpha value is -1.69. The topological polar surface area (TPSA) is 50.4 Å². The molecule has 0 unspecified atom stereocenters. The van der Waals surface area contributed by atoms with Gasteiger partial charge in [0.05, 0.1) is 10.0 Å². The number of anilines is 1. The van der Waals surface area contributed by atoms with E-state index in [0.29, 0.717) is 21.5 Å². The molecule has 0 aromatic heterocycles. The SMILES string of the molecule is O=C(NCOc1ccc(Cl)cc1Cl)Nc1ccc(F)c(Cl)c1. The van der Waals surface area contributed by atoms with Crippen molar-refractivity contribution in [3.05, 3.63) is 57.3 Å². The smallest absolute Gasteiger partial charge is 0.321 e. The molecule has 4 nitrogen and oxygen atoms in total. The Bertz CT molecular complexity index is 698. The van der Waals surface area contributed by atoms with Gasteiger partial charge in [-0.25, -0.2) is 9.18 Å². The first kappa shape index (κ1) is 16.7. The lowest BCUT2D eigenvalue weighted by Crippen LogP contribution is -2.32. The van der Waals surface area contributed by atoms with Crippen molar-refractivity contribution in [2.24, 2.45) is 0 Å². The van der Waals surface area contributed by atoms with E-state index in [1.165, 1.54) is 18.2 Å². The van der Waals surface area contributed by atoms with Crippen LogP contribution in [-0.4, -0.2) is 12.8 Å². The average molecular weight is 364 g/mol. The molecule has 0 aliphatic heterocycles. The maximum absolute atomic E-state index is 13.0. The molecule has 2 amide bonds. The highest BCUT2D eigenvalue weighted by molar-refractivity contribution is 6.35. The van der Waals surface area contributed by atoms with Gasteiger partial charge >= 0.3 is 6.03 Å². The van der Waals surface area contributed by atoms with Gasteiger partial charge in [-0.3, -0.25) is 0 Å². The quantitative estimate of drug-likeness (QED) is 0.756. The minimum Gasteiger partial charge on any atom is -0.472 e. The van der Waals surface area contributed by atoms with Crippen LogP contribution in [0.25, 0.3) is 0 Å². The molecule has 2 aromatic rings. The van der Waals surface area contributed by atoms with Crippen molar-refractivity contribution < 1.29 is 13.9 Å². The first-order chi connectivity index (χ1) is 10.5. The molecule has 0 radical (unpaired) electrons. The Morgan fingerprint density at radius 3 is 2.55 bits per heavy atom. The maximum atomic E-state index is 13.0. The summed E-state index contributed by atoms with van der Waals surface area (Å²) in [7, 11) is 0. The summed E-state index contributed by atoms with van der Waals surface area (Å²) in [5.74, 6) is -0.176. The largest absolute Gasteiger partial charge is 0.472 e. The van der Waals surface area contributed by atoms with Gasteiger partial charge in [0.1, 0.15) is 11.6 Å². The molecule has 2 N–H and O–H groups in total. The standard InChI is InChI=1S/C14H10Cl3FN2O2/c15-8-1-4-13(11(17)5-8)22-7-19-14(21)20-9-2-3-12(18)10(16)6-9/h1-6H,7H2,(H2,19,20,21). The van der Waals surface area contributed by atoms with Crippen LogP contribution in [-0.2, 0) is 0 Å². The zero-order valence-electron chi connectivity index (χ0n) is 11.0. The van der Waals surface area contributed by atoms with Gasteiger partial charge in [-0.15, -0.1) is 0 Å². The molecule has 0 bridgehead atoms. The van der Waals surface area contributed by atoms with Crippen molar-refractivity contribution in [3.8, 4) is 5.75 Å². The molecule has 8 heteroatoms. The van der Waals surface area contributed by atoms with Crippen molar-refractivity contribution in [2.75, 3.05) is 12.0 Å². The van der Waals surface area contributed by atoms with Crippen molar-refractivity contribution in [1.82, 2.24) is 5.32 Å². The van der Waals surface area contributed by atoms with E-state index in [4.69, 9.17) is 39.5 Å². The second-order valence-electron chi connectivity index (χ2n) is 4.12. The third-order valence-corrected chi connectivity index (χ3v) is 3.35. The monoisotopic (exact) mass is 362 g/mol. The molecule has 22 heavy (non-hydrogen) atoms. The average Bonchev–Trinajstić information content (AvgIpc) is 2.45. The highest BCUT2D eigenvalue weighted by atomic mass is 35.5. The van der Waals surface area contributed by atoms with Crippen LogP contribution in [0, 0.1) is 5.82 Å². The van der Waals surface area contributed by atoms with E-state index >= 15 is 0 Å². The highest BCUT2D eigenvalue weighted by Crippen LogP contribution is 2.27. The molecule has 0 saturated heterocycles. The lowest BCUT2D eigenvalue weighted by atomic mass is 10.3. The number of urea groups is 1. The fourth-order valence-corrected chi connectivity index (χ4v) is 2.16. The lowest BCUT2D eigenvalue weighted by molar-refractivity contribution is 0.234. The minimum absolute atomic E-state index is 0.0815. The van der Waals surface area contributed by atoms with E-state index in [0.717, 1.165) is 6.07 Å². The van der Waals surface area contributed by atoms with E-state index in [-0.39, 0.29) is 11.8 Å². The summed E-state index contributed by atoms with van der Waals surface area (Å²) < 4.78 is 18.3. The second-order valence-corrected chi connectivity index (χ2v) is 5.37. The third kappa shape index (κ3) is 4.66. The molecule has 0 atom stereocenters. The summed E-state index contributed by atoms with van der Waals surface area (Å²) in [5, 5.41) is 5.67. The van der Waals surface area contributed by atoms with E-state index in [2.05, 4.69) is 10.6 Å². The Labute approximate surface area is 141 Å². The van der Waals surface area contributed by atoms with Crippen LogP contribution >= 0.6 is 34.8 Å². The number of carbonyl (C=O) groups excluding carboxylic acids is 1. The molecule has 0 saturated carbocycles. The molecule has 0 aliphatic carbocycles. The third-order valence-electron chi connectivity index (χ3n) is 2.53. The Kier molecular flexibility index (Phi) is 5.71. The molecular weight excluding hydrogens is 354 g/mol. The fraction of sp³-hybridized carbons (Fsp3) is 0.0714. The maximum Gasteiger partial charge on any atom is 0.321 e. The van der Waals surface area contributed by atoms with Gasteiger partial charge in [0.2, 0.25) is 0 Å². The molecule has 2 aromatic carbocycles. The fourth-order valence-electron chi connectivity index (χ4n) is 1.52. The number of halogens is 4. The zero-order valence-corrected chi connectivity index (χ0v) is 13.3. The van der Waals surface area contributed by atoms with Gasteiger partial charge in [0, 0.05) is 10.7 Å². The number of rotatable bonds is 4. The van der Waals surface area contributed by atoms with Crippen LogP contribution in [0.3, 0.4) is 0 Å². The minimum atomic E-state index is -0.562. The number of nitrogens with one attached hydrogen (secondary N) is 2. The first-order valence-corrected chi connectivity index (χ1v) is 7.17.